The Labute approximate surface area is 109 Å². The van der Waals surface area contributed by atoms with Crippen LogP contribution in [0.5, 0.6) is 0 Å². The molecular weight excluding hydrogens is 229 g/mol. The van der Waals surface area contributed by atoms with Crippen LogP contribution in [0.15, 0.2) is 6.20 Å². The van der Waals surface area contributed by atoms with E-state index in [1.165, 1.54) is 0 Å². The third-order valence-electron chi connectivity index (χ3n) is 3.60. The second-order valence-corrected chi connectivity index (χ2v) is 6.82. The van der Waals surface area contributed by atoms with Gasteiger partial charge in [-0.2, -0.15) is 15.0 Å². The zero-order valence-electron chi connectivity index (χ0n) is 12.3. The first kappa shape index (κ1) is 13.6. The molecule has 0 aromatic carbocycles. The molecule has 1 aliphatic rings. The molecule has 1 aromatic heterocycles. The average molecular weight is 251 g/mol. The summed E-state index contributed by atoms with van der Waals surface area (Å²) in [6, 6.07) is 0. The van der Waals surface area contributed by atoms with Gasteiger partial charge >= 0.3 is 7.12 Å². The summed E-state index contributed by atoms with van der Waals surface area (Å²) < 4.78 is 11.9. The van der Waals surface area contributed by atoms with Gasteiger partial charge in [-0.05, 0) is 48.5 Å². The van der Waals surface area contributed by atoms with Gasteiger partial charge in [-0.3, -0.25) is 0 Å². The maximum absolute atomic E-state index is 5.94. The van der Waals surface area contributed by atoms with Gasteiger partial charge in [-0.1, -0.05) is 0 Å². The van der Waals surface area contributed by atoms with E-state index < -0.39 is 7.12 Å². The zero-order valence-corrected chi connectivity index (χ0v) is 12.3. The quantitative estimate of drug-likeness (QED) is 0.706. The van der Waals surface area contributed by atoms with E-state index in [0.29, 0.717) is 0 Å². The zero-order chi connectivity index (χ0) is 13.8. The Hall–Kier alpha value is -0.875. The minimum atomic E-state index is -0.439. The Morgan fingerprint density at radius 2 is 1.61 bits per heavy atom. The van der Waals surface area contributed by atoms with Gasteiger partial charge in [0.05, 0.1) is 22.9 Å². The van der Waals surface area contributed by atoms with Crippen LogP contribution in [0.3, 0.4) is 0 Å². The molecule has 0 aliphatic carbocycles. The summed E-state index contributed by atoms with van der Waals surface area (Å²) in [6.07, 6.45) is 1.72. The van der Waals surface area contributed by atoms with E-state index in [0.717, 1.165) is 5.59 Å². The van der Waals surface area contributed by atoms with Gasteiger partial charge in [-0.15, -0.1) is 0 Å². The fraction of sp³-hybridized carbons (Fsp3) is 0.833. The van der Waals surface area contributed by atoms with Crippen LogP contribution in [-0.2, 0) is 14.8 Å². The molecule has 1 fully saturated rings. The molecule has 0 amide bonds. The van der Waals surface area contributed by atoms with E-state index in [9.17, 15) is 0 Å². The van der Waals surface area contributed by atoms with E-state index in [2.05, 4.69) is 31.0 Å². The maximum Gasteiger partial charge on any atom is 0.518 e. The van der Waals surface area contributed by atoms with Crippen LogP contribution in [0.2, 0.25) is 0 Å². The first-order valence-corrected chi connectivity index (χ1v) is 6.31. The SMILES string of the molecule is CC(C)(C)n1ncc(B2OC(C)(C)C(C)(C)O2)n1. The lowest BCUT2D eigenvalue weighted by atomic mass is 9.86. The first-order chi connectivity index (χ1) is 8.03. The molecule has 0 spiro atoms. The molecule has 6 heteroatoms. The molecule has 0 saturated carbocycles. The van der Waals surface area contributed by atoms with Crippen molar-refractivity contribution in [1.29, 1.82) is 0 Å². The molecule has 1 saturated heterocycles. The van der Waals surface area contributed by atoms with Gasteiger partial charge in [0.1, 0.15) is 5.59 Å². The molecule has 0 unspecified atom stereocenters. The molecule has 18 heavy (non-hydrogen) atoms. The number of aromatic nitrogens is 3. The van der Waals surface area contributed by atoms with E-state index >= 15 is 0 Å². The standard InChI is InChI=1S/C12H22BN3O2/c1-10(2,3)16-14-8-9(15-16)13-17-11(4,5)12(6,7)18-13/h8H,1-7H3. The van der Waals surface area contributed by atoms with Gasteiger partial charge in [0, 0.05) is 0 Å². The monoisotopic (exact) mass is 251 g/mol. The second kappa shape index (κ2) is 3.81. The summed E-state index contributed by atoms with van der Waals surface area (Å²) in [5.41, 5.74) is -0.0996. The van der Waals surface area contributed by atoms with Crippen molar-refractivity contribution >= 4 is 12.7 Å². The molecule has 100 valence electrons. The Kier molecular flexibility index (Phi) is 2.87. The molecule has 1 aliphatic heterocycles. The van der Waals surface area contributed by atoms with Crippen molar-refractivity contribution in [3.63, 3.8) is 0 Å². The number of hydrogen-bond donors (Lipinski definition) is 0. The highest BCUT2D eigenvalue weighted by Crippen LogP contribution is 2.36. The largest absolute Gasteiger partial charge is 0.518 e. The minimum Gasteiger partial charge on any atom is -0.398 e. The lowest BCUT2D eigenvalue weighted by Gasteiger charge is -2.32. The normalized spacial score (nSPS) is 22.5. The van der Waals surface area contributed by atoms with Crippen LogP contribution >= 0.6 is 0 Å². The van der Waals surface area contributed by atoms with E-state index in [1.807, 2.05) is 27.7 Å². The molecule has 1 aromatic rings. The smallest absolute Gasteiger partial charge is 0.398 e. The number of rotatable bonds is 1. The fourth-order valence-electron chi connectivity index (χ4n) is 1.67. The lowest BCUT2D eigenvalue weighted by Crippen LogP contribution is -2.41. The molecule has 0 N–H and O–H groups in total. The maximum atomic E-state index is 5.94. The first-order valence-electron chi connectivity index (χ1n) is 6.31. The highest BCUT2D eigenvalue weighted by Gasteiger charge is 2.52. The molecule has 5 nitrogen and oxygen atoms in total. The van der Waals surface area contributed by atoms with Crippen molar-refractivity contribution in [1.82, 2.24) is 15.0 Å². The molecule has 2 rings (SSSR count). The third-order valence-corrected chi connectivity index (χ3v) is 3.60. The topological polar surface area (TPSA) is 49.2 Å². The molecule has 0 bridgehead atoms. The van der Waals surface area contributed by atoms with E-state index in [-0.39, 0.29) is 16.7 Å². The second-order valence-electron chi connectivity index (χ2n) is 6.82. The van der Waals surface area contributed by atoms with Gasteiger partial charge in [0.2, 0.25) is 0 Å². The predicted molar refractivity (Wildman–Crippen MR) is 70.7 cm³/mol. The van der Waals surface area contributed by atoms with Crippen molar-refractivity contribution < 1.29 is 9.31 Å². The Morgan fingerprint density at radius 3 is 2.00 bits per heavy atom. The van der Waals surface area contributed by atoms with Crippen molar-refractivity contribution in [2.75, 3.05) is 0 Å². The van der Waals surface area contributed by atoms with Crippen molar-refractivity contribution in [2.24, 2.45) is 0 Å². The molecule has 2 heterocycles. The van der Waals surface area contributed by atoms with Gasteiger partial charge in [0.15, 0.2) is 0 Å². The average Bonchev–Trinajstić information content (AvgIpc) is 2.69. The van der Waals surface area contributed by atoms with Crippen LogP contribution in [0.1, 0.15) is 48.5 Å². The van der Waals surface area contributed by atoms with Crippen molar-refractivity contribution in [2.45, 2.75) is 65.2 Å². The third kappa shape index (κ3) is 2.19. The van der Waals surface area contributed by atoms with Gasteiger partial charge in [0.25, 0.3) is 0 Å². The lowest BCUT2D eigenvalue weighted by molar-refractivity contribution is 0.00578. The van der Waals surface area contributed by atoms with Crippen LogP contribution in [0.4, 0.5) is 0 Å². The molecule has 0 radical (unpaired) electrons. The van der Waals surface area contributed by atoms with Crippen LogP contribution in [0.25, 0.3) is 0 Å². The van der Waals surface area contributed by atoms with Crippen molar-refractivity contribution in [3.05, 3.63) is 6.20 Å². The number of nitrogens with zero attached hydrogens (tertiary/aromatic N) is 3. The Morgan fingerprint density at radius 1 is 1.11 bits per heavy atom. The summed E-state index contributed by atoms with van der Waals surface area (Å²) in [7, 11) is -0.439. The highest BCUT2D eigenvalue weighted by molar-refractivity contribution is 6.61. The van der Waals surface area contributed by atoms with E-state index in [1.54, 1.807) is 11.0 Å². The van der Waals surface area contributed by atoms with Crippen LogP contribution < -0.4 is 5.59 Å². The van der Waals surface area contributed by atoms with Crippen LogP contribution in [0, 0.1) is 0 Å². The van der Waals surface area contributed by atoms with E-state index in [4.69, 9.17) is 9.31 Å². The Bertz CT molecular complexity index is 432. The fourth-order valence-corrected chi connectivity index (χ4v) is 1.67. The van der Waals surface area contributed by atoms with Gasteiger partial charge in [-0.25, -0.2) is 0 Å². The molecular formula is C12H22BN3O2. The Balaban J connectivity index is 2.23. The minimum absolute atomic E-state index is 0.137. The van der Waals surface area contributed by atoms with Gasteiger partial charge < -0.3 is 9.31 Å². The van der Waals surface area contributed by atoms with Crippen molar-refractivity contribution in [3.8, 4) is 0 Å². The molecule has 0 atom stereocenters. The summed E-state index contributed by atoms with van der Waals surface area (Å²) in [4.78, 5) is 1.69. The summed E-state index contributed by atoms with van der Waals surface area (Å²) >= 11 is 0. The van der Waals surface area contributed by atoms with Crippen LogP contribution in [-0.4, -0.2) is 33.3 Å². The summed E-state index contributed by atoms with van der Waals surface area (Å²) in [6.45, 7) is 14.3. The summed E-state index contributed by atoms with van der Waals surface area (Å²) in [5.74, 6) is 0. The number of hydrogen-bond acceptors (Lipinski definition) is 4. The predicted octanol–water partition coefficient (Wildman–Crippen LogP) is 1.33. The summed E-state index contributed by atoms with van der Waals surface area (Å²) in [5, 5.41) is 8.72. The highest BCUT2D eigenvalue weighted by atomic mass is 16.7.